The summed E-state index contributed by atoms with van der Waals surface area (Å²) in [5, 5.41) is 0. The highest BCUT2D eigenvalue weighted by atomic mass is 19.1. The van der Waals surface area contributed by atoms with E-state index in [1.165, 1.54) is 30.2 Å². The van der Waals surface area contributed by atoms with Gasteiger partial charge in [0.15, 0.2) is 0 Å². The van der Waals surface area contributed by atoms with E-state index in [1.807, 2.05) is 19.1 Å². The molecule has 0 unspecified atom stereocenters. The summed E-state index contributed by atoms with van der Waals surface area (Å²) < 4.78 is 25.1. The Hall–Kier alpha value is -3.26. The van der Waals surface area contributed by atoms with E-state index in [0.717, 1.165) is 10.5 Å². The van der Waals surface area contributed by atoms with Gasteiger partial charge in [-0.1, -0.05) is 30.3 Å². The van der Waals surface area contributed by atoms with Crippen LogP contribution in [-0.2, 0) is 24.5 Å². The van der Waals surface area contributed by atoms with Gasteiger partial charge in [0.1, 0.15) is 11.6 Å². The number of carbonyl (C=O) groups excluding carboxylic acids is 3. The van der Waals surface area contributed by atoms with Crippen LogP contribution in [0.5, 0.6) is 5.75 Å². The molecule has 0 aromatic heterocycles. The Kier molecular flexibility index (Phi) is 7.48. The number of ether oxygens (including phenoxy) is 2. The Morgan fingerprint density at radius 3 is 2.42 bits per heavy atom. The molecule has 7 nitrogen and oxygen atoms in total. The molecule has 2 atom stereocenters. The van der Waals surface area contributed by atoms with Crippen LogP contribution in [-0.4, -0.2) is 61.9 Å². The minimum absolute atomic E-state index is 0.0522. The highest BCUT2D eigenvalue weighted by molar-refractivity contribution is 6.10. The third-order valence-electron chi connectivity index (χ3n) is 6.34. The largest absolute Gasteiger partial charge is 0.497 e. The molecule has 1 aliphatic heterocycles. The summed E-state index contributed by atoms with van der Waals surface area (Å²) >= 11 is 0. The number of nitrogens with zero attached hydrogens (tertiary/aromatic N) is 2. The van der Waals surface area contributed by atoms with Crippen molar-refractivity contribution in [1.29, 1.82) is 0 Å². The molecule has 0 radical (unpaired) electrons. The van der Waals surface area contributed by atoms with Crippen LogP contribution in [0.4, 0.5) is 4.39 Å². The molecule has 3 amide bonds. The molecule has 1 fully saturated rings. The number of benzene rings is 2. The van der Waals surface area contributed by atoms with Gasteiger partial charge in [-0.25, -0.2) is 4.39 Å². The van der Waals surface area contributed by atoms with Crippen molar-refractivity contribution < 1.29 is 28.2 Å². The van der Waals surface area contributed by atoms with Gasteiger partial charge in [0.05, 0.1) is 31.7 Å². The molecule has 1 saturated heterocycles. The van der Waals surface area contributed by atoms with E-state index >= 15 is 0 Å². The topological polar surface area (TPSA) is 76.2 Å². The average molecular weight is 457 g/mol. The third-order valence-corrected chi connectivity index (χ3v) is 6.34. The van der Waals surface area contributed by atoms with Crippen LogP contribution in [0.3, 0.4) is 0 Å². The molecule has 1 aliphatic rings. The van der Waals surface area contributed by atoms with E-state index in [0.29, 0.717) is 5.75 Å². The van der Waals surface area contributed by atoms with Gasteiger partial charge < -0.3 is 14.4 Å². The SMILES string of the molecule is COCCN1C(=O)C[C@@](CC(=O)N(C)[C@H](C)c2ccc(OC)cc2)(c2ccccc2F)C1=O. The lowest BCUT2D eigenvalue weighted by molar-refractivity contribution is -0.143. The zero-order chi connectivity index (χ0) is 24.2. The van der Waals surface area contributed by atoms with E-state index in [9.17, 15) is 18.8 Å². The molecule has 0 N–H and O–H groups in total. The molecule has 176 valence electrons. The van der Waals surface area contributed by atoms with Crippen LogP contribution in [0.2, 0.25) is 0 Å². The Morgan fingerprint density at radius 2 is 1.82 bits per heavy atom. The Morgan fingerprint density at radius 1 is 1.15 bits per heavy atom. The average Bonchev–Trinajstić information content (AvgIpc) is 3.06. The zero-order valence-electron chi connectivity index (χ0n) is 19.3. The molecule has 2 aromatic carbocycles. The molecule has 0 bridgehead atoms. The van der Waals surface area contributed by atoms with Crippen LogP contribution in [0.25, 0.3) is 0 Å². The van der Waals surface area contributed by atoms with Crippen LogP contribution < -0.4 is 4.74 Å². The van der Waals surface area contributed by atoms with Gasteiger partial charge in [0.2, 0.25) is 17.7 Å². The van der Waals surface area contributed by atoms with Crippen LogP contribution in [0.15, 0.2) is 48.5 Å². The summed E-state index contributed by atoms with van der Waals surface area (Å²) in [5.74, 6) is -1.31. The summed E-state index contributed by atoms with van der Waals surface area (Å²) in [6.07, 6.45) is -0.591. The predicted molar refractivity (Wildman–Crippen MR) is 120 cm³/mol. The first-order valence-electron chi connectivity index (χ1n) is 10.7. The first kappa shape index (κ1) is 24.4. The van der Waals surface area contributed by atoms with Gasteiger partial charge in [-0.2, -0.15) is 0 Å². The highest BCUT2D eigenvalue weighted by Crippen LogP contribution is 2.41. The predicted octanol–water partition coefficient (Wildman–Crippen LogP) is 3.09. The quantitative estimate of drug-likeness (QED) is 0.542. The normalized spacial score (nSPS) is 19.0. The maximum absolute atomic E-state index is 14.9. The van der Waals surface area contributed by atoms with Crippen molar-refractivity contribution in [1.82, 2.24) is 9.80 Å². The first-order chi connectivity index (χ1) is 15.7. The van der Waals surface area contributed by atoms with Crippen molar-refractivity contribution in [2.75, 3.05) is 34.4 Å². The van der Waals surface area contributed by atoms with Gasteiger partial charge in [0, 0.05) is 32.6 Å². The number of halogens is 1. The minimum Gasteiger partial charge on any atom is -0.497 e. The van der Waals surface area contributed by atoms with Crippen molar-refractivity contribution in [2.45, 2.75) is 31.2 Å². The standard InChI is InChI=1S/C25H29FN2O5/c1-17(18-9-11-19(33-4)12-10-18)27(2)22(29)15-25(20-7-5-6-8-21(20)26)16-23(30)28(24(25)31)13-14-32-3/h5-12,17H,13-16H2,1-4H3/t17-,25+/m1/s1. The summed E-state index contributed by atoms with van der Waals surface area (Å²) in [6.45, 7) is 2.08. The maximum atomic E-state index is 14.9. The third kappa shape index (κ3) is 4.75. The fourth-order valence-electron chi connectivity index (χ4n) is 4.21. The Bertz CT molecular complexity index is 1030. The lowest BCUT2D eigenvalue weighted by Crippen LogP contribution is -2.44. The number of carbonyl (C=O) groups is 3. The van der Waals surface area contributed by atoms with Gasteiger partial charge in [-0.3, -0.25) is 19.3 Å². The summed E-state index contributed by atoms with van der Waals surface area (Å²) in [7, 11) is 4.68. The van der Waals surface area contributed by atoms with Gasteiger partial charge in [0.25, 0.3) is 0 Å². The zero-order valence-corrected chi connectivity index (χ0v) is 19.3. The Labute approximate surface area is 193 Å². The van der Waals surface area contributed by atoms with Crippen LogP contribution in [0, 0.1) is 5.82 Å². The van der Waals surface area contributed by atoms with Crippen molar-refractivity contribution in [3.05, 3.63) is 65.5 Å². The number of methoxy groups -OCH3 is 2. The van der Waals surface area contributed by atoms with Crippen molar-refractivity contribution in [3.8, 4) is 5.75 Å². The van der Waals surface area contributed by atoms with Gasteiger partial charge >= 0.3 is 0 Å². The molecule has 0 aliphatic carbocycles. The molecule has 33 heavy (non-hydrogen) atoms. The Balaban J connectivity index is 1.92. The van der Waals surface area contributed by atoms with E-state index in [-0.39, 0.29) is 43.5 Å². The van der Waals surface area contributed by atoms with Crippen molar-refractivity contribution in [2.24, 2.45) is 0 Å². The molecular weight excluding hydrogens is 427 g/mol. The minimum atomic E-state index is -1.60. The van der Waals surface area contributed by atoms with Crippen molar-refractivity contribution in [3.63, 3.8) is 0 Å². The smallest absolute Gasteiger partial charge is 0.241 e. The van der Waals surface area contributed by atoms with E-state index < -0.39 is 23.0 Å². The van der Waals surface area contributed by atoms with Gasteiger partial charge in [-0.05, 0) is 30.7 Å². The molecule has 3 rings (SSSR count). The monoisotopic (exact) mass is 456 g/mol. The summed E-state index contributed by atoms with van der Waals surface area (Å²) in [6, 6.07) is 12.8. The van der Waals surface area contributed by atoms with E-state index in [2.05, 4.69) is 0 Å². The lowest BCUT2D eigenvalue weighted by atomic mass is 9.75. The van der Waals surface area contributed by atoms with Gasteiger partial charge in [-0.15, -0.1) is 0 Å². The van der Waals surface area contributed by atoms with E-state index in [1.54, 1.807) is 32.4 Å². The number of amides is 3. The second kappa shape index (κ2) is 10.1. The molecular formula is C25H29FN2O5. The summed E-state index contributed by atoms with van der Waals surface area (Å²) in [5.41, 5.74) is -0.662. The molecule has 8 heteroatoms. The number of rotatable bonds is 9. The fourth-order valence-corrected chi connectivity index (χ4v) is 4.21. The number of hydrogen-bond donors (Lipinski definition) is 0. The van der Waals surface area contributed by atoms with Crippen LogP contribution in [0.1, 0.15) is 36.9 Å². The molecule has 0 saturated carbocycles. The maximum Gasteiger partial charge on any atom is 0.241 e. The second-order valence-electron chi connectivity index (χ2n) is 8.21. The fraction of sp³-hybridized carbons (Fsp3) is 0.400. The van der Waals surface area contributed by atoms with Crippen molar-refractivity contribution >= 4 is 17.7 Å². The molecule has 0 spiro atoms. The first-order valence-corrected chi connectivity index (χ1v) is 10.7. The number of imide groups is 1. The van der Waals surface area contributed by atoms with E-state index in [4.69, 9.17) is 9.47 Å². The molecule has 2 aromatic rings. The summed E-state index contributed by atoms with van der Waals surface area (Å²) in [4.78, 5) is 42.2. The lowest BCUT2D eigenvalue weighted by Gasteiger charge is -2.32. The molecule has 1 heterocycles. The second-order valence-corrected chi connectivity index (χ2v) is 8.21. The number of hydrogen-bond acceptors (Lipinski definition) is 5. The highest BCUT2D eigenvalue weighted by Gasteiger charge is 2.55. The van der Waals surface area contributed by atoms with Crippen LogP contribution >= 0.6 is 0 Å². The number of likely N-dealkylation sites (tertiary alicyclic amines) is 1.